The van der Waals surface area contributed by atoms with Crippen molar-refractivity contribution in [3.05, 3.63) is 35.4 Å². The molecule has 0 atom stereocenters. The Morgan fingerprint density at radius 1 is 0.947 bits per heavy atom. The van der Waals surface area contributed by atoms with Crippen LogP contribution in [-0.2, 0) is 9.47 Å². The van der Waals surface area contributed by atoms with Gasteiger partial charge in [-0.1, -0.05) is 25.2 Å². The topological polar surface area (TPSA) is 52.6 Å². The lowest BCUT2D eigenvalue weighted by Crippen LogP contribution is -2.13. The van der Waals surface area contributed by atoms with E-state index in [4.69, 9.17) is 9.47 Å². The highest BCUT2D eigenvalue weighted by molar-refractivity contribution is 6.31. The summed E-state index contributed by atoms with van der Waals surface area (Å²) in [7, 11) is 1.08. The molecule has 0 amide bonds. The van der Waals surface area contributed by atoms with Gasteiger partial charge in [0.25, 0.3) is 0 Å². The quantitative estimate of drug-likeness (QED) is 0.628. The maximum atomic E-state index is 11.5. The van der Waals surface area contributed by atoms with Gasteiger partial charge in [0.05, 0.1) is 24.3 Å². The van der Waals surface area contributed by atoms with Gasteiger partial charge in [-0.3, -0.25) is 0 Å². The van der Waals surface area contributed by atoms with E-state index in [1.54, 1.807) is 38.1 Å². The minimum atomic E-state index is -0.508. The highest BCUT2D eigenvalue weighted by Crippen LogP contribution is 2.11. The first-order valence-electron chi connectivity index (χ1n) is 6.14. The van der Waals surface area contributed by atoms with Crippen LogP contribution in [0.15, 0.2) is 24.3 Å². The van der Waals surface area contributed by atoms with Gasteiger partial charge in [-0.25, -0.2) is 9.59 Å². The Morgan fingerprint density at radius 3 is 1.53 bits per heavy atom. The fourth-order valence-electron chi connectivity index (χ4n) is 1.26. The van der Waals surface area contributed by atoms with Crippen molar-refractivity contribution in [1.29, 1.82) is 0 Å². The Balaban J connectivity index is 0.000000982. The van der Waals surface area contributed by atoms with Crippen LogP contribution in [0.1, 0.15) is 34.6 Å². The Morgan fingerprint density at radius 2 is 1.26 bits per heavy atom. The number of hydrogen-bond acceptors (Lipinski definition) is 4. The van der Waals surface area contributed by atoms with Crippen molar-refractivity contribution in [2.45, 2.75) is 26.9 Å². The van der Waals surface area contributed by atoms with Gasteiger partial charge < -0.3 is 9.47 Å². The lowest BCUT2D eigenvalue weighted by atomic mass is 10.1. The van der Waals surface area contributed by atoms with Crippen molar-refractivity contribution in [2.75, 3.05) is 13.2 Å². The third-order valence-electron chi connectivity index (χ3n) is 1.92. The summed E-state index contributed by atoms with van der Waals surface area (Å²) in [5, 5.41) is 0. The standard InChI is InChI=1S/C12H14O4.C2H6Si/c1-3-15-11(13)9-7-5-6-8-10(9)12(14)16-4-2;1-3-2/h5-8H,3-4H2,1-2H3;1-2H3. The molecule has 19 heavy (non-hydrogen) atoms. The van der Waals surface area contributed by atoms with Crippen LogP contribution in [0.4, 0.5) is 0 Å². The summed E-state index contributed by atoms with van der Waals surface area (Å²) < 4.78 is 9.70. The van der Waals surface area contributed by atoms with E-state index in [-0.39, 0.29) is 24.3 Å². The second-order valence-electron chi connectivity index (χ2n) is 3.49. The maximum Gasteiger partial charge on any atom is 0.338 e. The zero-order chi connectivity index (χ0) is 14.7. The fraction of sp³-hybridized carbons (Fsp3) is 0.429. The normalized spacial score (nSPS) is 9.05. The molecule has 104 valence electrons. The van der Waals surface area contributed by atoms with Crippen molar-refractivity contribution in [3.8, 4) is 0 Å². The van der Waals surface area contributed by atoms with Crippen LogP contribution in [0.25, 0.3) is 0 Å². The first-order valence-corrected chi connectivity index (χ1v) is 8.14. The molecule has 1 aromatic carbocycles. The van der Waals surface area contributed by atoms with E-state index >= 15 is 0 Å². The van der Waals surface area contributed by atoms with Gasteiger partial charge in [0.2, 0.25) is 0 Å². The Hall–Kier alpha value is -1.62. The van der Waals surface area contributed by atoms with E-state index in [0.29, 0.717) is 0 Å². The Kier molecular flexibility index (Phi) is 9.43. The Bertz CT molecular complexity index is 367. The summed E-state index contributed by atoms with van der Waals surface area (Å²) in [5.74, 6) is -1.02. The highest BCUT2D eigenvalue weighted by atomic mass is 28.2. The number of benzene rings is 1. The molecule has 0 N–H and O–H groups in total. The molecule has 0 aliphatic rings. The van der Waals surface area contributed by atoms with E-state index in [2.05, 4.69) is 13.1 Å². The molecule has 0 saturated heterocycles. The summed E-state index contributed by atoms with van der Waals surface area (Å²) in [6.07, 6.45) is 0. The van der Waals surface area contributed by atoms with E-state index in [9.17, 15) is 9.59 Å². The average molecular weight is 280 g/mol. The van der Waals surface area contributed by atoms with Gasteiger partial charge >= 0.3 is 11.9 Å². The summed E-state index contributed by atoms with van der Waals surface area (Å²) in [6, 6.07) is 6.44. The molecule has 5 heteroatoms. The summed E-state index contributed by atoms with van der Waals surface area (Å²) in [6.45, 7) is 8.28. The van der Waals surface area contributed by atoms with Crippen LogP contribution in [0.2, 0.25) is 13.1 Å². The van der Waals surface area contributed by atoms with Crippen LogP contribution in [0.3, 0.4) is 0 Å². The van der Waals surface area contributed by atoms with Crippen molar-refractivity contribution in [1.82, 2.24) is 0 Å². The maximum absolute atomic E-state index is 11.5. The van der Waals surface area contributed by atoms with E-state index in [1.165, 1.54) is 0 Å². The second-order valence-corrected chi connectivity index (χ2v) is 4.49. The smallest absolute Gasteiger partial charge is 0.338 e. The monoisotopic (exact) mass is 280 g/mol. The lowest BCUT2D eigenvalue weighted by Gasteiger charge is -2.07. The summed E-state index contributed by atoms with van der Waals surface area (Å²) >= 11 is 0. The molecule has 0 unspecified atom stereocenters. The second kappa shape index (κ2) is 10.3. The lowest BCUT2D eigenvalue weighted by molar-refractivity contribution is 0.0479. The molecule has 4 nitrogen and oxygen atoms in total. The first-order chi connectivity index (χ1) is 9.12. The van der Waals surface area contributed by atoms with Crippen LogP contribution in [0, 0.1) is 0 Å². The fourth-order valence-corrected chi connectivity index (χ4v) is 1.26. The molecule has 0 aromatic heterocycles. The zero-order valence-corrected chi connectivity index (χ0v) is 12.9. The zero-order valence-electron chi connectivity index (χ0n) is 11.9. The summed E-state index contributed by atoms with van der Waals surface area (Å²) in [5.41, 5.74) is 0.477. The predicted octanol–water partition coefficient (Wildman–Crippen LogP) is 2.83. The predicted molar refractivity (Wildman–Crippen MR) is 75.8 cm³/mol. The third kappa shape index (κ3) is 6.19. The molecule has 0 bridgehead atoms. The number of ether oxygens (including phenoxy) is 2. The van der Waals surface area contributed by atoms with Crippen LogP contribution in [-0.4, -0.2) is 34.7 Å². The number of esters is 2. The molecule has 0 spiro atoms. The van der Waals surface area contributed by atoms with Crippen LogP contribution in [0.5, 0.6) is 0 Å². The van der Waals surface area contributed by atoms with Crippen LogP contribution < -0.4 is 0 Å². The molecular weight excluding hydrogens is 260 g/mol. The SMILES string of the molecule is CCOC(=O)c1ccccc1C(=O)OCC.C[Si]C. The molecular formula is C14H20O4Si. The minimum Gasteiger partial charge on any atom is -0.462 e. The minimum absolute atomic E-state index is 0.239. The molecule has 0 aliphatic carbocycles. The first kappa shape index (κ1) is 17.4. The molecule has 1 rings (SSSR count). The Labute approximate surface area is 116 Å². The third-order valence-corrected chi connectivity index (χ3v) is 1.92. The average Bonchev–Trinajstić information content (AvgIpc) is 2.40. The van der Waals surface area contributed by atoms with Gasteiger partial charge in [-0.05, 0) is 26.0 Å². The molecule has 0 saturated carbocycles. The van der Waals surface area contributed by atoms with Gasteiger partial charge in [0.15, 0.2) is 0 Å². The number of carbonyl (C=O) groups excluding carboxylic acids is 2. The van der Waals surface area contributed by atoms with Crippen molar-refractivity contribution >= 4 is 21.5 Å². The molecule has 0 fully saturated rings. The van der Waals surface area contributed by atoms with Crippen molar-refractivity contribution in [3.63, 3.8) is 0 Å². The van der Waals surface area contributed by atoms with Gasteiger partial charge in [-0.15, -0.1) is 0 Å². The molecule has 2 radical (unpaired) electrons. The van der Waals surface area contributed by atoms with E-state index < -0.39 is 11.9 Å². The molecule has 1 aromatic rings. The largest absolute Gasteiger partial charge is 0.462 e. The number of rotatable bonds is 4. The van der Waals surface area contributed by atoms with Crippen LogP contribution >= 0.6 is 0 Å². The van der Waals surface area contributed by atoms with Gasteiger partial charge in [0.1, 0.15) is 0 Å². The van der Waals surface area contributed by atoms with Gasteiger partial charge in [-0.2, -0.15) is 0 Å². The highest BCUT2D eigenvalue weighted by Gasteiger charge is 2.17. The van der Waals surface area contributed by atoms with E-state index in [0.717, 1.165) is 9.52 Å². The summed E-state index contributed by atoms with van der Waals surface area (Å²) in [4.78, 5) is 23.1. The van der Waals surface area contributed by atoms with E-state index in [1.807, 2.05) is 0 Å². The van der Waals surface area contributed by atoms with Gasteiger partial charge in [0, 0.05) is 9.52 Å². The molecule has 0 heterocycles. The number of hydrogen-bond donors (Lipinski definition) is 0. The molecule has 0 aliphatic heterocycles. The van der Waals surface area contributed by atoms with Crippen molar-refractivity contribution < 1.29 is 19.1 Å². The van der Waals surface area contributed by atoms with Crippen molar-refractivity contribution in [2.24, 2.45) is 0 Å². The number of carbonyl (C=O) groups is 2.